The third-order valence-corrected chi connectivity index (χ3v) is 4.35. The van der Waals surface area contributed by atoms with E-state index in [-0.39, 0.29) is 0 Å². The maximum atomic E-state index is 10.7. The molecule has 2 aliphatic rings. The minimum atomic E-state index is -1.78. The second-order valence-corrected chi connectivity index (χ2v) is 6.21. The summed E-state index contributed by atoms with van der Waals surface area (Å²) in [5.74, 6) is -1.37. The number of ether oxygens (including phenoxy) is 4. The van der Waals surface area contributed by atoms with Gasteiger partial charge in [0.25, 0.3) is 0 Å². The standard InChI is InChI=1S/C14H24O13/c15-1-4-7(19)12(24-3-6(17)18)10(22)14(26-4)27-11-5(2-16)25-13(23)9(21)8(11)20/h4-5,7-16,19-23H,1-3H2,(H,17,18)/t4-,5-,7-,8-,9-,10-,11-,12+,13-,14-/m1/s1. The number of carbonyl (C=O) groups is 1. The van der Waals surface area contributed by atoms with Crippen LogP contribution < -0.4 is 0 Å². The normalized spacial score (nSPS) is 45.6. The SMILES string of the molecule is O=C(O)CO[C@@H]1[C@@H](O)[C@@H](O[C@H]2[C@H](O)[C@@H](O)[C@H](O)O[C@@H]2CO)O[C@H](CO)[C@H]1O. The summed E-state index contributed by atoms with van der Waals surface area (Å²) in [7, 11) is 0. The maximum absolute atomic E-state index is 10.7. The van der Waals surface area contributed by atoms with Crippen LogP contribution in [0, 0.1) is 0 Å². The van der Waals surface area contributed by atoms with E-state index in [1.165, 1.54) is 0 Å². The van der Waals surface area contributed by atoms with Crippen molar-refractivity contribution in [1.82, 2.24) is 0 Å². The van der Waals surface area contributed by atoms with Gasteiger partial charge in [-0.05, 0) is 0 Å². The van der Waals surface area contributed by atoms with Crippen molar-refractivity contribution in [2.24, 2.45) is 0 Å². The molecule has 0 amide bonds. The Kier molecular flexibility index (Phi) is 7.84. The molecule has 27 heavy (non-hydrogen) atoms. The molecule has 0 aliphatic carbocycles. The van der Waals surface area contributed by atoms with Crippen molar-refractivity contribution < 1.29 is 64.6 Å². The van der Waals surface area contributed by atoms with Gasteiger partial charge in [0.1, 0.15) is 55.4 Å². The van der Waals surface area contributed by atoms with Gasteiger partial charge in [-0.1, -0.05) is 0 Å². The van der Waals surface area contributed by atoms with Gasteiger partial charge in [-0.2, -0.15) is 0 Å². The topological polar surface area (TPSA) is 216 Å². The van der Waals surface area contributed by atoms with Crippen molar-refractivity contribution in [3.63, 3.8) is 0 Å². The Hall–Kier alpha value is -0.970. The van der Waals surface area contributed by atoms with Gasteiger partial charge in [0.2, 0.25) is 0 Å². The van der Waals surface area contributed by atoms with E-state index in [0.29, 0.717) is 0 Å². The highest BCUT2D eigenvalue weighted by molar-refractivity contribution is 5.68. The van der Waals surface area contributed by atoms with Gasteiger partial charge in [0, 0.05) is 0 Å². The van der Waals surface area contributed by atoms with E-state index in [1.54, 1.807) is 0 Å². The van der Waals surface area contributed by atoms with Gasteiger partial charge in [-0.25, -0.2) is 4.79 Å². The van der Waals surface area contributed by atoms with Gasteiger partial charge in [0.15, 0.2) is 12.6 Å². The molecule has 8 N–H and O–H groups in total. The molecule has 2 rings (SSSR count). The number of carboxylic acids is 1. The molecule has 2 aliphatic heterocycles. The average molecular weight is 400 g/mol. The molecule has 0 spiro atoms. The first kappa shape index (κ1) is 22.3. The Morgan fingerprint density at radius 1 is 0.815 bits per heavy atom. The Morgan fingerprint density at radius 2 is 1.44 bits per heavy atom. The van der Waals surface area contributed by atoms with Crippen molar-refractivity contribution in [3.05, 3.63) is 0 Å². The Morgan fingerprint density at radius 3 is 2.00 bits per heavy atom. The van der Waals surface area contributed by atoms with Crippen molar-refractivity contribution in [2.45, 2.75) is 61.4 Å². The summed E-state index contributed by atoms with van der Waals surface area (Å²) in [6, 6.07) is 0. The molecule has 13 nitrogen and oxygen atoms in total. The molecule has 0 aromatic carbocycles. The summed E-state index contributed by atoms with van der Waals surface area (Å²) in [5, 5.41) is 77.0. The minimum Gasteiger partial charge on any atom is -0.480 e. The highest BCUT2D eigenvalue weighted by atomic mass is 16.7. The predicted molar refractivity (Wildman–Crippen MR) is 80.0 cm³/mol. The van der Waals surface area contributed by atoms with Crippen molar-refractivity contribution in [3.8, 4) is 0 Å². The molecular weight excluding hydrogens is 376 g/mol. The van der Waals surface area contributed by atoms with Crippen LogP contribution >= 0.6 is 0 Å². The molecule has 2 fully saturated rings. The van der Waals surface area contributed by atoms with Crippen molar-refractivity contribution in [1.29, 1.82) is 0 Å². The lowest BCUT2D eigenvalue weighted by Gasteiger charge is -2.46. The van der Waals surface area contributed by atoms with Crippen LogP contribution in [0.4, 0.5) is 0 Å². The van der Waals surface area contributed by atoms with Gasteiger partial charge < -0.3 is 59.8 Å². The smallest absolute Gasteiger partial charge is 0.329 e. The van der Waals surface area contributed by atoms with E-state index < -0.39 is 87.2 Å². The first-order valence-corrected chi connectivity index (χ1v) is 8.13. The third-order valence-electron chi connectivity index (χ3n) is 4.35. The fourth-order valence-electron chi connectivity index (χ4n) is 2.92. The predicted octanol–water partition coefficient (Wildman–Crippen LogP) is -5.29. The van der Waals surface area contributed by atoms with E-state index in [1.807, 2.05) is 0 Å². The van der Waals surface area contributed by atoms with E-state index in [4.69, 9.17) is 24.1 Å². The van der Waals surface area contributed by atoms with Crippen LogP contribution in [0.25, 0.3) is 0 Å². The second kappa shape index (κ2) is 9.49. The zero-order chi connectivity index (χ0) is 20.3. The number of carboxylic acid groups (broad SMARTS) is 1. The highest BCUT2D eigenvalue weighted by Gasteiger charge is 2.50. The molecule has 2 heterocycles. The zero-order valence-corrected chi connectivity index (χ0v) is 14.0. The van der Waals surface area contributed by atoms with E-state index >= 15 is 0 Å². The van der Waals surface area contributed by atoms with Gasteiger partial charge >= 0.3 is 5.97 Å². The highest BCUT2D eigenvalue weighted by Crippen LogP contribution is 2.29. The minimum absolute atomic E-state index is 0.723. The Labute approximate surface area is 152 Å². The largest absolute Gasteiger partial charge is 0.480 e. The van der Waals surface area contributed by atoms with Crippen LogP contribution in [-0.4, -0.2) is 128 Å². The van der Waals surface area contributed by atoms with E-state index in [2.05, 4.69) is 0 Å². The lowest BCUT2D eigenvalue weighted by molar-refractivity contribution is -0.357. The van der Waals surface area contributed by atoms with Crippen LogP contribution in [0.3, 0.4) is 0 Å². The quantitative estimate of drug-likeness (QED) is 0.201. The second-order valence-electron chi connectivity index (χ2n) is 6.21. The first-order valence-electron chi connectivity index (χ1n) is 8.13. The van der Waals surface area contributed by atoms with Crippen molar-refractivity contribution in [2.75, 3.05) is 19.8 Å². The Bertz CT molecular complexity index is 488. The number of aliphatic carboxylic acids is 1. The summed E-state index contributed by atoms with van der Waals surface area (Å²) in [4.78, 5) is 10.7. The van der Waals surface area contributed by atoms with Gasteiger partial charge in [0.05, 0.1) is 13.2 Å². The third kappa shape index (κ3) is 4.90. The molecule has 13 heteroatoms. The summed E-state index contributed by atoms with van der Waals surface area (Å²) in [5.41, 5.74) is 0. The molecule has 158 valence electrons. The summed E-state index contributed by atoms with van der Waals surface area (Å²) >= 11 is 0. The zero-order valence-electron chi connectivity index (χ0n) is 14.0. The lowest BCUT2D eigenvalue weighted by Crippen LogP contribution is -2.64. The average Bonchev–Trinajstić information content (AvgIpc) is 2.63. The number of aliphatic hydroxyl groups is 7. The molecule has 10 atom stereocenters. The summed E-state index contributed by atoms with van der Waals surface area (Å²) in [6.07, 6.45) is -15.9. The van der Waals surface area contributed by atoms with Crippen molar-refractivity contribution >= 4 is 5.97 Å². The Balaban J connectivity index is 2.15. The number of rotatable bonds is 7. The van der Waals surface area contributed by atoms with Crippen LogP contribution in [-0.2, 0) is 23.7 Å². The molecule has 0 aromatic heterocycles. The van der Waals surface area contributed by atoms with E-state index in [0.717, 1.165) is 0 Å². The van der Waals surface area contributed by atoms with Gasteiger partial charge in [-0.3, -0.25) is 0 Å². The molecular formula is C14H24O13. The fourth-order valence-corrected chi connectivity index (χ4v) is 2.92. The molecule has 2 saturated heterocycles. The maximum Gasteiger partial charge on any atom is 0.329 e. The monoisotopic (exact) mass is 400 g/mol. The van der Waals surface area contributed by atoms with Crippen LogP contribution in [0.5, 0.6) is 0 Å². The number of hydrogen-bond donors (Lipinski definition) is 8. The molecule has 0 saturated carbocycles. The lowest BCUT2D eigenvalue weighted by atomic mass is 9.97. The van der Waals surface area contributed by atoms with Crippen LogP contribution in [0.2, 0.25) is 0 Å². The summed E-state index contributed by atoms with van der Waals surface area (Å²) in [6.45, 7) is -2.31. The fraction of sp³-hybridized carbons (Fsp3) is 0.929. The van der Waals surface area contributed by atoms with Gasteiger partial charge in [-0.15, -0.1) is 0 Å². The van der Waals surface area contributed by atoms with E-state index in [9.17, 15) is 40.5 Å². The first-order chi connectivity index (χ1) is 12.7. The summed E-state index contributed by atoms with van der Waals surface area (Å²) < 4.78 is 20.4. The molecule has 0 unspecified atom stereocenters. The van der Waals surface area contributed by atoms with Crippen LogP contribution in [0.1, 0.15) is 0 Å². The number of aliphatic hydroxyl groups excluding tert-OH is 7. The van der Waals surface area contributed by atoms with Crippen LogP contribution in [0.15, 0.2) is 0 Å². The molecule has 0 aromatic rings. The number of hydrogen-bond acceptors (Lipinski definition) is 12. The molecule has 0 radical (unpaired) electrons. The molecule has 0 bridgehead atoms.